The molecule has 0 fully saturated rings. The fourth-order valence-corrected chi connectivity index (χ4v) is 2.51. The maximum Gasteiger partial charge on any atom is 0.226 e. The lowest BCUT2D eigenvalue weighted by Gasteiger charge is -2.04. The molecule has 0 radical (unpaired) electrons. The average molecular weight is 338 g/mol. The van der Waals surface area contributed by atoms with Gasteiger partial charge in [0.25, 0.3) is 0 Å². The summed E-state index contributed by atoms with van der Waals surface area (Å²) in [5, 5.41) is 2.86. The van der Waals surface area contributed by atoms with Crippen molar-refractivity contribution in [1.82, 2.24) is 10.3 Å². The van der Waals surface area contributed by atoms with Crippen molar-refractivity contribution in [2.75, 3.05) is 6.54 Å². The summed E-state index contributed by atoms with van der Waals surface area (Å²) in [6.45, 7) is 2.30. The molecule has 0 atom stereocenters. The first-order valence-corrected chi connectivity index (χ1v) is 8.14. The average Bonchev–Trinajstić information content (AvgIpc) is 2.98. The molecule has 0 unspecified atom stereocenters. The van der Waals surface area contributed by atoms with E-state index in [1.54, 1.807) is 19.1 Å². The summed E-state index contributed by atoms with van der Waals surface area (Å²) in [7, 11) is 0. The van der Waals surface area contributed by atoms with Gasteiger partial charge in [-0.3, -0.25) is 4.79 Å². The molecular weight excluding hydrogens is 319 g/mol. The number of nitrogens with one attached hydrogen (secondary N) is 1. The molecule has 0 saturated heterocycles. The zero-order valence-electron chi connectivity index (χ0n) is 14.0. The number of carbonyl (C=O) groups excluding carboxylic acids is 1. The van der Waals surface area contributed by atoms with E-state index in [0.717, 1.165) is 11.1 Å². The summed E-state index contributed by atoms with van der Waals surface area (Å²) in [5.41, 5.74) is 2.50. The highest BCUT2D eigenvalue weighted by Gasteiger charge is 2.14. The van der Waals surface area contributed by atoms with E-state index < -0.39 is 0 Å². The Kier molecular flexibility index (Phi) is 5.23. The number of rotatable bonds is 6. The SMILES string of the molecule is Cc1oc(-c2ccccc2)nc1CC(=O)NCCc1ccc(F)cc1. The number of halogens is 1. The lowest BCUT2D eigenvalue weighted by Crippen LogP contribution is -2.27. The minimum absolute atomic E-state index is 0.113. The van der Waals surface area contributed by atoms with Crippen molar-refractivity contribution in [3.05, 3.63) is 77.4 Å². The molecule has 0 aliphatic heterocycles. The molecule has 3 aromatic rings. The van der Waals surface area contributed by atoms with Gasteiger partial charge in [-0.2, -0.15) is 0 Å². The Balaban J connectivity index is 1.54. The highest BCUT2D eigenvalue weighted by Crippen LogP contribution is 2.21. The number of oxazole rings is 1. The quantitative estimate of drug-likeness (QED) is 0.746. The van der Waals surface area contributed by atoms with Gasteiger partial charge in [-0.25, -0.2) is 9.37 Å². The van der Waals surface area contributed by atoms with Crippen LogP contribution in [0.2, 0.25) is 0 Å². The van der Waals surface area contributed by atoms with Crippen LogP contribution < -0.4 is 5.32 Å². The van der Waals surface area contributed by atoms with Crippen LogP contribution in [0.15, 0.2) is 59.0 Å². The fourth-order valence-electron chi connectivity index (χ4n) is 2.51. The fraction of sp³-hybridized carbons (Fsp3) is 0.200. The molecule has 0 aliphatic rings. The molecule has 25 heavy (non-hydrogen) atoms. The van der Waals surface area contributed by atoms with Crippen molar-refractivity contribution in [1.29, 1.82) is 0 Å². The molecule has 3 rings (SSSR count). The first kappa shape index (κ1) is 16.9. The number of amides is 1. The first-order valence-electron chi connectivity index (χ1n) is 8.14. The second kappa shape index (κ2) is 7.75. The third kappa shape index (κ3) is 4.53. The second-order valence-electron chi connectivity index (χ2n) is 5.79. The second-order valence-corrected chi connectivity index (χ2v) is 5.79. The van der Waals surface area contributed by atoms with Gasteiger partial charge < -0.3 is 9.73 Å². The van der Waals surface area contributed by atoms with E-state index in [2.05, 4.69) is 10.3 Å². The van der Waals surface area contributed by atoms with E-state index in [1.807, 2.05) is 30.3 Å². The minimum Gasteiger partial charge on any atom is -0.441 e. The van der Waals surface area contributed by atoms with Crippen LogP contribution in [0.5, 0.6) is 0 Å². The van der Waals surface area contributed by atoms with Crippen LogP contribution in [0.25, 0.3) is 11.5 Å². The molecule has 5 heteroatoms. The van der Waals surface area contributed by atoms with E-state index in [1.165, 1.54) is 12.1 Å². The molecule has 0 aliphatic carbocycles. The van der Waals surface area contributed by atoms with Gasteiger partial charge in [-0.15, -0.1) is 0 Å². The number of aromatic nitrogens is 1. The molecule has 4 nitrogen and oxygen atoms in total. The Hall–Kier alpha value is -2.95. The van der Waals surface area contributed by atoms with Gasteiger partial charge in [-0.1, -0.05) is 30.3 Å². The smallest absolute Gasteiger partial charge is 0.226 e. The van der Waals surface area contributed by atoms with Crippen LogP contribution in [-0.2, 0) is 17.6 Å². The molecule has 2 aromatic carbocycles. The van der Waals surface area contributed by atoms with Crippen molar-refractivity contribution in [3.63, 3.8) is 0 Å². The molecule has 128 valence electrons. The Labute approximate surface area is 145 Å². The Morgan fingerprint density at radius 1 is 1.12 bits per heavy atom. The zero-order valence-corrected chi connectivity index (χ0v) is 14.0. The van der Waals surface area contributed by atoms with Crippen molar-refractivity contribution >= 4 is 5.91 Å². The van der Waals surface area contributed by atoms with Gasteiger partial charge in [0, 0.05) is 12.1 Å². The first-order chi connectivity index (χ1) is 12.1. The summed E-state index contributed by atoms with van der Waals surface area (Å²) in [4.78, 5) is 16.5. The molecule has 0 bridgehead atoms. The number of hydrogen-bond donors (Lipinski definition) is 1. The summed E-state index contributed by atoms with van der Waals surface area (Å²) in [6.07, 6.45) is 0.824. The van der Waals surface area contributed by atoms with Crippen LogP contribution in [0.1, 0.15) is 17.0 Å². The minimum atomic E-state index is -0.261. The topological polar surface area (TPSA) is 55.1 Å². The Morgan fingerprint density at radius 3 is 2.56 bits per heavy atom. The number of carbonyl (C=O) groups is 1. The van der Waals surface area contributed by atoms with Crippen LogP contribution in [0, 0.1) is 12.7 Å². The molecule has 0 saturated carbocycles. The Morgan fingerprint density at radius 2 is 1.84 bits per heavy atom. The van der Waals surface area contributed by atoms with Crippen LogP contribution >= 0.6 is 0 Å². The molecular formula is C20H19FN2O2. The predicted molar refractivity (Wildman–Crippen MR) is 93.5 cm³/mol. The summed E-state index contributed by atoms with van der Waals surface area (Å²) in [5.74, 6) is 0.793. The van der Waals surface area contributed by atoms with Gasteiger partial charge in [0.2, 0.25) is 11.8 Å². The molecule has 1 amide bonds. The van der Waals surface area contributed by atoms with Crippen molar-refractivity contribution in [3.8, 4) is 11.5 Å². The van der Waals surface area contributed by atoms with Crippen LogP contribution in [-0.4, -0.2) is 17.4 Å². The van der Waals surface area contributed by atoms with Crippen LogP contribution in [0.4, 0.5) is 4.39 Å². The maximum absolute atomic E-state index is 12.9. The van der Waals surface area contributed by atoms with Gasteiger partial charge in [-0.05, 0) is 43.2 Å². The van der Waals surface area contributed by atoms with E-state index in [-0.39, 0.29) is 18.1 Å². The summed E-state index contributed by atoms with van der Waals surface area (Å²) in [6, 6.07) is 15.9. The lowest BCUT2D eigenvalue weighted by molar-refractivity contribution is -0.120. The highest BCUT2D eigenvalue weighted by atomic mass is 19.1. The van der Waals surface area contributed by atoms with Gasteiger partial charge in [0.05, 0.1) is 12.1 Å². The zero-order chi connectivity index (χ0) is 17.6. The van der Waals surface area contributed by atoms with E-state index in [9.17, 15) is 9.18 Å². The van der Waals surface area contributed by atoms with Gasteiger partial charge in [0.15, 0.2) is 0 Å². The molecule has 0 spiro atoms. The summed E-state index contributed by atoms with van der Waals surface area (Å²) >= 11 is 0. The molecule has 1 heterocycles. The number of benzene rings is 2. The highest BCUT2D eigenvalue weighted by molar-refractivity contribution is 5.78. The monoisotopic (exact) mass is 338 g/mol. The van der Waals surface area contributed by atoms with Crippen molar-refractivity contribution in [2.45, 2.75) is 19.8 Å². The predicted octanol–water partition coefficient (Wildman–Crippen LogP) is 3.69. The largest absolute Gasteiger partial charge is 0.441 e. The number of hydrogen-bond acceptors (Lipinski definition) is 3. The third-order valence-corrected chi connectivity index (χ3v) is 3.89. The molecule has 1 N–H and O–H groups in total. The van der Waals surface area contributed by atoms with E-state index >= 15 is 0 Å². The van der Waals surface area contributed by atoms with E-state index in [0.29, 0.717) is 30.3 Å². The summed E-state index contributed by atoms with van der Waals surface area (Å²) < 4.78 is 18.5. The lowest BCUT2D eigenvalue weighted by atomic mass is 10.1. The van der Waals surface area contributed by atoms with Crippen molar-refractivity contribution in [2.24, 2.45) is 0 Å². The normalized spacial score (nSPS) is 10.6. The van der Waals surface area contributed by atoms with Crippen molar-refractivity contribution < 1.29 is 13.6 Å². The van der Waals surface area contributed by atoms with Gasteiger partial charge >= 0.3 is 0 Å². The van der Waals surface area contributed by atoms with E-state index in [4.69, 9.17) is 4.42 Å². The van der Waals surface area contributed by atoms with Crippen LogP contribution in [0.3, 0.4) is 0 Å². The standard InChI is InChI=1S/C20H19FN2O2/c1-14-18(23-20(25-14)16-5-3-2-4-6-16)13-19(24)22-12-11-15-7-9-17(21)10-8-15/h2-10H,11-13H2,1H3,(H,22,24). The van der Waals surface area contributed by atoms with Gasteiger partial charge in [0.1, 0.15) is 11.6 Å². The number of aryl methyl sites for hydroxylation is 1. The third-order valence-electron chi connectivity index (χ3n) is 3.89. The molecule has 1 aromatic heterocycles. The number of nitrogens with zero attached hydrogens (tertiary/aromatic N) is 1. The maximum atomic E-state index is 12.9. The Bertz CT molecular complexity index is 842.